The van der Waals surface area contributed by atoms with Gasteiger partial charge in [-0.2, -0.15) is 0 Å². The van der Waals surface area contributed by atoms with Gasteiger partial charge in [-0.25, -0.2) is 8.42 Å². The van der Waals surface area contributed by atoms with Crippen molar-refractivity contribution in [1.29, 1.82) is 0 Å². The third-order valence-electron chi connectivity index (χ3n) is 6.21. The molecule has 0 bridgehead atoms. The summed E-state index contributed by atoms with van der Waals surface area (Å²) < 4.78 is 26.0. The highest BCUT2D eigenvalue weighted by molar-refractivity contribution is 7.92. The number of hydrogen-bond donors (Lipinski definition) is 1. The van der Waals surface area contributed by atoms with E-state index < -0.39 is 10.0 Å². The van der Waals surface area contributed by atoms with E-state index in [-0.39, 0.29) is 18.5 Å². The minimum Gasteiger partial charge on any atom is -0.346 e. The molecule has 0 unspecified atom stereocenters. The molecule has 1 aliphatic carbocycles. The number of aryl methyl sites for hydroxylation is 2. The van der Waals surface area contributed by atoms with Crippen molar-refractivity contribution in [2.75, 3.05) is 10.6 Å². The number of carbonyl (C=O) groups excluding carboxylic acids is 1. The molecule has 3 aromatic rings. The quantitative estimate of drug-likeness (QED) is 0.536. The molecule has 0 aliphatic heterocycles. The monoisotopic (exact) mass is 462 g/mol. The Hall–Kier alpha value is -3.12. The molecule has 0 spiro atoms. The second-order valence-corrected chi connectivity index (χ2v) is 10.6. The highest BCUT2D eigenvalue weighted by atomic mass is 32.2. The minimum absolute atomic E-state index is 0.0943. The lowest BCUT2D eigenvalue weighted by molar-refractivity contribution is 0.0940. The third-order valence-corrected chi connectivity index (χ3v) is 7.35. The Balaban J connectivity index is 1.43. The molecule has 0 aromatic heterocycles. The number of nitrogens with one attached hydrogen (secondary N) is 1. The van der Waals surface area contributed by atoms with Crippen LogP contribution in [0.1, 0.15) is 58.4 Å². The molecule has 0 fully saturated rings. The number of carbonyl (C=O) groups is 1. The van der Waals surface area contributed by atoms with E-state index in [9.17, 15) is 13.2 Å². The number of amides is 1. The van der Waals surface area contributed by atoms with Crippen molar-refractivity contribution in [3.8, 4) is 0 Å². The van der Waals surface area contributed by atoms with Crippen molar-refractivity contribution in [3.05, 3.63) is 101 Å². The van der Waals surface area contributed by atoms with Gasteiger partial charge in [-0.05, 0) is 79.1 Å². The van der Waals surface area contributed by atoms with Crippen LogP contribution in [-0.2, 0) is 29.4 Å². The molecule has 6 heteroatoms. The van der Waals surface area contributed by atoms with Crippen LogP contribution in [0.4, 0.5) is 5.69 Å². The molecule has 0 saturated carbocycles. The summed E-state index contributed by atoms with van der Waals surface area (Å²) in [6.45, 7) is 2.21. The van der Waals surface area contributed by atoms with Gasteiger partial charge in [-0.1, -0.05) is 48.5 Å². The first-order valence-corrected chi connectivity index (χ1v) is 13.2. The maximum Gasteiger partial charge on any atom is 0.251 e. The van der Waals surface area contributed by atoms with Crippen molar-refractivity contribution < 1.29 is 13.2 Å². The lowest BCUT2D eigenvalue weighted by Crippen LogP contribution is -2.29. The van der Waals surface area contributed by atoms with Gasteiger partial charge in [0.2, 0.25) is 10.0 Å². The number of fused-ring (bicyclic) bond motifs is 1. The van der Waals surface area contributed by atoms with Gasteiger partial charge in [0, 0.05) is 5.56 Å². The van der Waals surface area contributed by atoms with Gasteiger partial charge in [0.25, 0.3) is 5.91 Å². The van der Waals surface area contributed by atoms with E-state index >= 15 is 0 Å². The molecule has 1 N–H and O–H groups in total. The predicted molar refractivity (Wildman–Crippen MR) is 133 cm³/mol. The minimum atomic E-state index is -3.44. The van der Waals surface area contributed by atoms with E-state index in [4.69, 9.17) is 0 Å². The Bertz CT molecular complexity index is 1220. The largest absolute Gasteiger partial charge is 0.346 e. The van der Waals surface area contributed by atoms with Crippen LogP contribution in [0.15, 0.2) is 72.8 Å². The molecular weight excluding hydrogens is 432 g/mol. The third kappa shape index (κ3) is 5.63. The van der Waals surface area contributed by atoms with Crippen LogP contribution < -0.4 is 9.62 Å². The number of hydrogen-bond acceptors (Lipinski definition) is 3. The highest BCUT2D eigenvalue weighted by Gasteiger charge is 2.18. The Morgan fingerprint density at radius 1 is 0.939 bits per heavy atom. The summed E-state index contributed by atoms with van der Waals surface area (Å²) >= 11 is 0. The maximum absolute atomic E-state index is 12.8. The Labute approximate surface area is 196 Å². The molecule has 0 heterocycles. The van der Waals surface area contributed by atoms with E-state index in [0.29, 0.717) is 11.3 Å². The summed E-state index contributed by atoms with van der Waals surface area (Å²) in [4.78, 5) is 12.8. The number of nitrogens with zero attached hydrogens (tertiary/aromatic N) is 1. The first-order valence-electron chi connectivity index (χ1n) is 11.4. The summed E-state index contributed by atoms with van der Waals surface area (Å²) in [5.74, 6) is -0.144. The van der Waals surface area contributed by atoms with Gasteiger partial charge in [0.1, 0.15) is 0 Å². The molecular formula is C27H30N2O3S. The number of anilines is 1. The zero-order valence-electron chi connectivity index (χ0n) is 19.1. The fourth-order valence-corrected chi connectivity index (χ4v) is 5.20. The molecule has 1 aliphatic rings. The van der Waals surface area contributed by atoms with Crippen LogP contribution in [-0.4, -0.2) is 20.6 Å². The van der Waals surface area contributed by atoms with Crippen molar-refractivity contribution in [3.63, 3.8) is 0 Å². The lowest BCUT2D eigenvalue weighted by Gasteiger charge is -2.22. The van der Waals surface area contributed by atoms with Gasteiger partial charge in [-0.15, -0.1) is 0 Å². The van der Waals surface area contributed by atoms with Gasteiger partial charge in [0.15, 0.2) is 0 Å². The zero-order chi connectivity index (χ0) is 23.4. The summed E-state index contributed by atoms with van der Waals surface area (Å²) in [5.41, 5.74) is 5.92. The topological polar surface area (TPSA) is 66.5 Å². The maximum atomic E-state index is 12.8. The average molecular weight is 463 g/mol. The van der Waals surface area contributed by atoms with E-state index in [2.05, 4.69) is 23.5 Å². The van der Waals surface area contributed by atoms with Crippen LogP contribution in [0.2, 0.25) is 0 Å². The molecule has 5 nitrogen and oxygen atoms in total. The SMILES string of the molecule is C[C@@H](NC(=O)c1ccc(CN(c2ccccc2)S(C)(=O)=O)cc1)c1ccc2c(c1)CCCC2. The fraction of sp³-hybridized carbons (Fsp3) is 0.296. The first kappa shape index (κ1) is 23.1. The van der Waals surface area contributed by atoms with E-state index in [1.165, 1.54) is 34.5 Å². The molecule has 0 saturated heterocycles. The van der Waals surface area contributed by atoms with Crippen molar-refractivity contribution in [2.45, 2.75) is 45.2 Å². The van der Waals surface area contributed by atoms with Crippen LogP contribution in [0.25, 0.3) is 0 Å². The summed E-state index contributed by atoms with van der Waals surface area (Å²) in [6.07, 6.45) is 5.93. The van der Waals surface area contributed by atoms with Crippen LogP contribution >= 0.6 is 0 Å². The Morgan fingerprint density at radius 2 is 1.61 bits per heavy atom. The normalized spacial score (nSPS) is 14.2. The van der Waals surface area contributed by atoms with Gasteiger partial charge in [-0.3, -0.25) is 9.10 Å². The van der Waals surface area contributed by atoms with Gasteiger partial charge in [0.05, 0.1) is 24.5 Å². The van der Waals surface area contributed by atoms with Crippen LogP contribution in [0.5, 0.6) is 0 Å². The van der Waals surface area contributed by atoms with Crippen molar-refractivity contribution in [1.82, 2.24) is 5.32 Å². The Kier molecular flexibility index (Phi) is 6.84. The highest BCUT2D eigenvalue weighted by Crippen LogP contribution is 2.25. The number of rotatable bonds is 7. The lowest BCUT2D eigenvalue weighted by atomic mass is 9.89. The fourth-order valence-electron chi connectivity index (χ4n) is 4.31. The van der Waals surface area contributed by atoms with E-state index in [0.717, 1.165) is 24.0 Å². The molecule has 0 radical (unpaired) electrons. The number of sulfonamides is 1. The van der Waals surface area contributed by atoms with Gasteiger partial charge < -0.3 is 5.32 Å². The average Bonchev–Trinajstić information content (AvgIpc) is 2.82. The standard InChI is InChI=1S/C27H30N2O3S/c1-20(24-17-16-22-8-6-7-9-25(22)18-24)28-27(30)23-14-12-21(13-15-23)19-29(33(2,31)32)26-10-4-3-5-11-26/h3-5,10-18,20H,6-9,19H2,1-2H3,(H,28,30)/t20-/m1/s1. The summed E-state index contributed by atoms with van der Waals surface area (Å²) in [5, 5.41) is 3.08. The van der Waals surface area contributed by atoms with Crippen LogP contribution in [0, 0.1) is 0 Å². The number of benzene rings is 3. The van der Waals surface area contributed by atoms with Crippen molar-refractivity contribution >= 4 is 21.6 Å². The van der Waals surface area contributed by atoms with Gasteiger partial charge >= 0.3 is 0 Å². The second kappa shape index (κ2) is 9.79. The second-order valence-electron chi connectivity index (χ2n) is 8.73. The van der Waals surface area contributed by atoms with E-state index in [1.807, 2.05) is 25.1 Å². The molecule has 3 aromatic carbocycles. The first-order chi connectivity index (χ1) is 15.8. The summed E-state index contributed by atoms with van der Waals surface area (Å²) in [6, 6.07) is 22.6. The van der Waals surface area contributed by atoms with E-state index in [1.54, 1.807) is 36.4 Å². The molecule has 33 heavy (non-hydrogen) atoms. The molecule has 172 valence electrons. The zero-order valence-corrected chi connectivity index (χ0v) is 19.9. The van der Waals surface area contributed by atoms with Crippen molar-refractivity contribution in [2.24, 2.45) is 0 Å². The molecule has 1 amide bonds. The molecule has 4 rings (SSSR count). The number of para-hydroxylation sites is 1. The predicted octanol–water partition coefficient (Wildman–Crippen LogP) is 5.02. The summed E-state index contributed by atoms with van der Waals surface area (Å²) in [7, 11) is -3.44. The molecule has 1 atom stereocenters. The van der Waals surface area contributed by atoms with Crippen LogP contribution in [0.3, 0.4) is 0 Å². The Morgan fingerprint density at radius 3 is 2.27 bits per heavy atom. The smallest absolute Gasteiger partial charge is 0.251 e.